The molecule has 3 unspecified atom stereocenters. The quantitative estimate of drug-likeness (QED) is 0.563. The van der Waals surface area contributed by atoms with Gasteiger partial charge in [0, 0.05) is 13.1 Å². The van der Waals surface area contributed by atoms with Gasteiger partial charge in [-0.25, -0.2) is 4.79 Å². The Hall–Kier alpha value is -2.57. The van der Waals surface area contributed by atoms with Gasteiger partial charge in [-0.05, 0) is 52.0 Å². The SMILES string of the molecule is CCC(C)C(NC(=O)OC(C)(C)C)C(=O)N(C)C(C(=O)NC1CCCCC1)c1ccc(C)cc1. The van der Waals surface area contributed by atoms with Gasteiger partial charge in [-0.15, -0.1) is 0 Å². The van der Waals surface area contributed by atoms with Gasteiger partial charge in [-0.1, -0.05) is 69.4 Å². The van der Waals surface area contributed by atoms with E-state index in [9.17, 15) is 14.4 Å². The summed E-state index contributed by atoms with van der Waals surface area (Å²) in [7, 11) is 1.64. The molecule has 3 amide bonds. The summed E-state index contributed by atoms with van der Waals surface area (Å²) in [6.07, 6.45) is 5.36. The lowest BCUT2D eigenvalue weighted by atomic mass is 9.94. The molecule has 1 saturated carbocycles. The molecule has 7 heteroatoms. The molecule has 2 rings (SSSR count). The fourth-order valence-electron chi connectivity index (χ4n) is 4.29. The highest BCUT2D eigenvalue weighted by Crippen LogP contribution is 2.25. The van der Waals surface area contributed by atoms with Gasteiger partial charge >= 0.3 is 6.09 Å². The minimum atomic E-state index is -0.805. The van der Waals surface area contributed by atoms with Gasteiger partial charge < -0.3 is 20.3 Å². The van der Waals surface area contributed by atoms with E-state index in [1.807, 2.05) is 45.0 Å². The second kappa shape index (κ2) is 12.2. The molecule has 1 aromatic carbocycles. The molecule has 1 aromatic rings. The third kappa shape index (κ3) is 8.03. The lowest BCUT2D eigenvalue weighted by Gasteiger charge is -2.34. The lowest BCUT2D eigenvalue weighted by Crippen LogP contribution is -2.54. The van der Waals surface area contributed by atoms with Crippen LogP contribution < -0.4 is 10.6 Å². The van der Waals surface area contributed by atoms with Crippen LogP contribution in [0.3, 0.4) is 0 Å². The zero-order chi connectivity index (χ0) is 25.5. The lowest BCUT2D eigenvalue weighted by molar-refractivity contribution is -0.142. The smallest absolute Gasteiger partial charge is 0.408 e. The molecule has 1 fully saturated rings. The summed E-state index contributed by atoms with van der Waals surface area (Å²) in [6.45, 7) is 11.2. The first-order valence-electron chi connectivity index (χ1n) is 12.6. The van der Waals surface area contributed by atoms with Crippen LogP contribution in [0.25, 0.3) is 0 Å². The molecule has 0 aromatic heterocycles. The highest BCUT2D eigenvalue weighted by molar-refractivity contribution is 5.92. The minimum Gasteiger partial charge on any atom is -0.444 e. The number of alkyl carbamates (subject to hydrolysis) is 1. The number of hydrogen-bond acceptors (Lipinski definition) is 4. The molecule has 34 heavy (non-hydrogen) atoms. The zero-order valence-electron chi connectivity index (χ0n) is 21.9. The maximum absolute atomic E-state index is 13.7. The number of benzene rings is 1. The number of likely N-dealkylation sites (N-methyl/N-ethyl adjacent to an activating group) is 1. The topological polar surface area (TPSA) is 87.7 Å². The Morgan fingerprint density at radius 2 is 1.68 bits per heavy atom. The van der Waals surface area contributed by atoms with Crippen LogP contribution in [0.1, 0.15) is 90.3 Å². The van der Waals surface area contributed by atoms with Crippen molar-refractivity contribution in [2.45, 2.75) is 104 Å². The molecule has 0 radical (unpaired) electrons. The van der Waals surface area contributed by atoms with Crippen molar-refractivity contribution in [2.75, 3.05) is 7.05 Å². The highest BCUT2D eigenvalue weighted by atomic mass is 16.6. The van der Waals surface area contributed by atoms with Crippen molar-refractivity contribution in [3.63, 3.8) is 0 Å². The summed E-state index contributed by atoms with van der Waals surface area (Å²) in [4.78, 5) is 41.2. The Balaban J connectivity index is 2.30. The second-order valence-electron chi connectivity index (χ2n) is 10.6. The van der Waals surface area contributed by atoms with Gasteiger partial charge in [-0.3, -0.25) is 9.59 Å². The molecule has 1 aliphatic carbocycles. The normalized spacial score (nSPS) is 17.3. The van der Waals surface area contributed by atoms with Gasteiger partial charge in [0.15, 0.2) is 0 Å². The monoisotopic (exact) mass is 473 g/mol. The molecule has 1 aliphatic rings. The molecule has 0 heterocycles. The third-order valence-corrected chi connectivity index (χ3v) is 6.48. The Labute approximate surface area is 205 Å². The van der Waals surface area contributed by atoms with E-state index in [1.54, 1.807) is 27.8 Å². The summed E-state index contributed by atoms with van der Waals surface area (Å²) in [5.74, 6) is -0.640. The Kier molecular flexibility index (Phi) is 9.95. The van der Waals surface area contributed by atoms with E-state index in [4.69, 9.17) is 4.74 Å². The first-order chi connectivity index (χ1) is 15.9. The molecule has 2 N–H and O–H groups in total. The summed E-state index contributed by atoms with van der Waals surface area (Å²) in [6, 6.07) is 6.21. The molecule has 0 aliphatic heterocycles. The highest BCUT2D eigenvalue weighted by Gasteiger charge is 2.36. The van der Waals surface area contributed by atoms with Crippen LogP contribution in [0.15, 0.2) is 24.3 Å². The van der Waals surface area contributed by atoms with Crippen LogP contribution in [-0.2, 0) is 14.3 Å². The van der Waals surface area contributed by atoms with Crippen LogP contribution in [0.4, 0.5) is 4.79 Å². The number of nitrogens with zero attached hydrogens (tertiary/aromatic N) is 1. The first kappa shape index (κ1) is 27.7. The van der Waals surface area contributed by atoms with Crippen LogP contribution in [0.2, 0.25) is 0 Å². The van der Waals surface area contributed by atoms with Gasteiger partial charge in [0.05, 0.1) is 0 Å². The average Bonchev–Trinajstić information content (AvgIpc) is 2.77. The molecular weight excluding hydrogens is 430 g/mol. The maximum Gasteiger partial charge on any atom is 0.408 e. The Morgan fingerprint density at radius 3 is 2.21 bits per heavy atom. The molecule has 7 nitrogen and oxygen atoms in total. The molecular formula is C27H43N3O4. The van der Waals surface area contributed by atoms with Crippen LogP contribution in [0.5, 0.6) is 0 Å². The molecule has 0 bridgehead atoms. The molecule has 3 atom stereocenters. The Morgan fingerprint density at radius 1 is 1.09 bits per heavy atom. The fraction of sp³-hybridized carbons (Fsp3) is 0.667. The Bertz CT molecular complexity index is 825. The largest absolute Gasteiger partial charge is 0.444 e. The van der Waals surface area contributed by atoms with Crippen LogP contribution in [0, 0.1) is 12.8 Å². The second-order valence-corrected chi connectivity index (χ2v) is 10.6. The van der Waals surface area contributed by atoms with E-state index < -0.39 is 23.8 Å². The van der Waals surface area contributed by atoms with E-state index >= 15 is 0 Å². The standard InChI is InChI=1S/C27H43N3O4/c1-8-19(3)22(29-26(33)34-27(4,5)6)25(32)30(7)23(20-16-14-18(2)15-17-20)24(31)28-21-12-10-9-11-13-21/h14-17,19,21-23H,8-13H2,1-7H3,(H,28,31)(H,29,33). The van der Waals surface area contributed by atoms with Crippen molar-refractivity contribution in [1.29, 1.82) is 0 Å². The minimum absolute atomic E-state index is 0.128. The predicted octanol–water partition coefficient (Wildman–Crippen LogP) is 4.88. The number of hydrogen-bond donors (Lipinski definition) is 2. The molecule has 0 saturated heterocycles. The van der Waals surface area contributed by atoms with Crippen molar-refractivity contribution in [3.8, 4) is 0 Å². The predicted molar refractivity (Wildman–Crippen MR) is 134 cm³/mol. The number of carbonyl (C=O) groups excluding carboxylic acids is 3. The number of ether oxygens (including phenoxy) is 1. The maximum atomic E-state index is 13.7. The van der Waals surface area contributed by atoms with E-state index in [0.29, 0.717) is 6.42 Å². The number of amides is 3. The summed E-state index contributed by atoms with van der Waals surface area (Å²) in [5, 5.41) is 5.93. The molecule has 190 valence electrons. The van der Waals surface area contributed by atoms with E-state index in [1.165, 1.54) is 11.3 Å². The van der Waals surface area contributed by atoms with Gasteiger partial charge in [-0.2, -0.15) is 0 Å². The fourth-order valence-corrected chi connectivity index (χ4v) is 4.29. The van der Waals surface area contributed by atoms with Crippen LogP contribution in [-0.4, -0.2) is 47.5 Å². The van der Waals surface area contributed by atoms with E-state index in [2.05, 4.69) is 10.6 Å². The van der Waals surface area contributed by atoms with Crippen molar-refractivity contribution in [1.82, 2.24) is 15.5 Å². The number of carbonyl (C=O) groups is 3. The first-order valence-corrected chi connectivity index (χ1v) is 12.6. The average molecular weight is 474 g/mol. The van der Waals surface area contributed by atoms with Gasteiger partial charge in [0.1, 0.15) is 17.7 Å². The third-order valence-electron chi connectivity index (χ3n) is 6.48. The van der Waals surface area contributed by atoms with E-state index in [-0.39, 0.29) is 23.8 Å². The van der Waals surface area contributed by atoms with Crippen molar-refractivity contribution < 1.29 is 19.1 Å². The summed E-state index contributed by atoms with van der Waals surface area (Å²) >= 11 is 0. The van der Waals surface area contributed by atoms with Crippen LogP contribution >= 0.6 is 0 Å². The van der Waals surface area contributed by atoms with Crippen molar-refractivity contribution in [3.05, 3.63) is 35.4 Å². The summed E-state index contributed by atoms with van der Waals surface area (Å²) in [5.41, 5.74) is 1.15. The van der Waals surface area contributed by atoms with E-state index in [0.717, 1.165) is 36.8 Å². The van der Waals surface area contributed by atoms with Crippen molar-refractivity contribution in [2.24, 2.45) is 5.92 Å². The van der Waals surface area contributed by atoms with Gasteiger partial charge in [0.25, 0.3) is 0 Å². The molecule has 0 spiro atoms. The number of nitrogens with one attached hydrogen (secondary N) is 2. The number of rotatable bonds is 8. The van der Waals surface area contributed by atoms with Crippen molar-refractivity contribution >= 4 is 17.9 Å². The van der Waals surface area contributed by atoms with Gasteiger partial charge in [0.2, 0.25) is 11.8 Å². The summed E-state index contributed by atoms with van der Waals surface area (Å²) < 4.78 is 5.40. The zero-order valence-corrected chi connectivity index (χ0v) is 21.9. The number of aryl methyl sites for hydroxylation is 1.